The monoisotopic (exact) mass is 265 g/mol. The maximum Gasteiger partial charge on any atom is 0.0229 e. The van der Waals surface area contributed by atoms with Gasteiger partial charge in [0, 0.05) is 30.7 Å². The first-order chi connectivity index (χ1) is 9.28. The van der Waals surface area contributed by atoms with Crippen molar-refractivity contribution in [1.82, 2.24) is 15.1 Å². The molecule has 3 saturated heterocycles. The number of hydrogen-bond donors (Lipinski definition) is 1. The first-order valence-corrected chi connectivity index (χ1v) is 8.47. The van der Waals surface area contributed by atoms with E-state index in [0.29, 0.717) is 0 Å². The minimum absolute atomic E-state index is 0.790. The van der Waals surface area contributed by atoms with Crippen molar-refractivity contribution in [3.63, 3.8) is 0 Å². The standard InChI is InChI=1S/C16H31N3/c1-3-17-13-10-14-6-4-7-15(11-13)19(14)16-8-5-9-18(2)12-16/h13-17H,3-12H2,1-2H3. The predicted molar refractivity (Wildman–Crippen MR) is 80.5 cm³/mol. The van der Waals surface area contributed by atoms with E-state index in [4.69, 9.17) is 0 Å². The Labute approximate surface area is 118 Å². The van der Waals surface area contributed by atoms with Gasteiger partial charge in [-0.05, 0) is 58.7 Å². The van der Waals surface area contributed by atoms with Crippen molar-refractivity contribution >= 4 is 0 Å². The van der Waals surface area contributed by atoms with Crippen LogP contribution in [0.15, 0.2) is 0 Å². The van der Waals surface area contributed by atoms with Crippen LogP contribution in [0.25, 0.3) is 0 Å². The Hall–Kier alpha value is -0.120. The van der Waals surface area contributed by atoms with Crippen molar-refractivity contribution in [2.24, 2.45) is 0 Å². The van der Waals surface area contributed by atoms with Crippen LogP contribution in [-0.2, 0) is 0 Å². The second-order valence-electron chi connectivity index (χ2n) is 6.97. The third-order valence-electron chi connectivity index (χ3n) is 5.55. The van der Waals surface area contributed by atoms with Gasteiger partial charge in [0.25, 0.3) is 0 Å². The smallest absolute Gasteiger partial charge is 0.0229 e. The van der Waals surface area contributed by atoms with Crippen molar-refractivity contribution < 1.29 is 0 Å². The van der Waals surface area contributed by atoms with Gasteiger partial charge >= 0.3 is 0 Å². The zero-order valence-corrected chi connectivity index (χ0v) is 12.8. The molecule has 3 nitrogen and oxygen atoms in total. The lowest BCUT2D eigenvalue weighted by Crippen LogP contribution is -2.62. The van der Waals surface area contributed by atoms with Crippen LogP contribution in [-0.4, -0.2) is 60.6 Å². The summed E-state index contributed by atoms with van der Waals surface area (Å²) >= 11 is 0. The molecule has 19 heavy (non-hydrogen) atoms. The molecule has 0 aromatic heterocycles. The summed E-state index contributed by atoms with van der Waals surface area (Å²) in [6.45, 7) is 5.99. The van der Waals surface area contributed by atoms with Gasteiger partial charge < -0.3 is 10.2 Å². The molecule has 0 radical (unpaired) electrons. The van der Waals surface area contributed by atoms with Crippen LogP contribution in [0.4, 0.5) is 0 Å². The molecular weight excluding hydrogens is 234 g/mol. The molecule has 0 aliphatic carbocycles. The van der Waals surface area contributed by atoms with Gasteiger partial charge in [-0.2, -0.15) is 0 Å². The summed E-state index contributed by atoms with van der Waals surface area (Å²) in [5, 5.41) is 3.71. The number of likely N-dealkylation sites (tertiary alicyclic amines) is 1. The fourth-order valence-electron chi connectivity index (χ4n) is 4.85. The fourth-order valence-corrected chi connectivity index (χ4v) is 4.85. The number of nitrogens with zero attached hydrogens (tertiary/aromatic N) is 2. The summed E-state index contributed by atoms with van der Waals surface area (Å²) in [7, 11) is 2.30. The average Bonchev–Trinajstić information content (AvgIpc) is 2.38. The molecule has 1 N–H and O–H groups in total. The minimum Gasteiger partial charge on any atom is -0.314 e. The summed E-state index contributed by atoms with van der Waals surface area (Å²) in [5.74, 6) is 0. The lowest BCUT2D eigenvalue weighted by Gasteiger charge is -2.54. The van der Waals surface area contributed by atoms with Gasteiger partial charge in [0.15, 0.2) is 0 Å². The molecular formula is C16H31N3. The van der Waals surface area contributed by atoms with E-state index in [2.05, 4.69) is 29.1 Å². The highest BCUT2D eigenvalue weighted by Gasteiger charge is 2.41. The summed E-state index contributed by atoms with van der Waals surface area (Å²) in [6.07, 6.45) is 9.97. The second-order valence-corrected chi connectivity index (χ2v) is 6.97. The Morgan fingerprint density at radius 3 is 2.32 bits per heavy atom. The molecule has 3 unspecified atom stereocenters. The predicted octanol–water partition coefficient (Wildman–Crippen LogP) is 2.08. The van der Waals surface area contributed by atoms with Gasteiger partial charge in [0.05, 0.1) is 0 Å². The van der Waals surface area contributed by atoms with E-state index in [1.165, 1.54) is 58.0 Å². The third-order valence-corrected chi connectivity index (χ3v) is 5.55. The lowest BCUT2D eigenvalue weighted by atomic mass is 9.79. The summed E-state index contributed by atoms with van der Waals surface area (Å²) in [4.78, 5) is 5.49. The topological polar surface area (TPSA) is 18.5 Å². The van der Waals surface area contributed by atoms with Crippen LogP contribution >= 0.6 is 0 Å². The van der Waals surface area contributed by atoms with Crippen molar-refractivity contribution in [3.8, 4) is 0 Å². The maximum absolute atomic E-state index is 3.71. The SMILES string of the molecule is CCNC1CC2CCCC(C1)N2C1CCCN(C)C1. The Kier molecular flexibility index (Phi) is 4.45. The second kappa shape index (κ2) is 6.11. The normalized spacial score (nSPS) is 41.4. The zero-order valence-electron chi connectivity index (χ0n) is 12.8. The Morgan fingerprint density at radius 2 is 1.68 bits per heavy atom. The van der Waals surface area contributed by atoms with Gasteiger partial charge in [-0.3, -0.25) is 4.90 Å². The minimum atomic E-state index is 0.790. The van der Waals surface area contributed by atoms with Crippen LogP contribution in [0.1, 0.15) is 51.9 Å². The number of fused-ring (bicyclic) bond motifs is 2. The van der Waals surface area contributed by atoms with Crippen molar-refractivity contribution in [3.05, 3.63) is 0 Å². The van der Waals surface area contributed by atoms with Gasteiger partial charge in [-0.15, -0.1) is 0 Å². The van der Waals surface area contributed by atoms with Crippen LogP contribution in [0.3, 0.4) is 0 Å². The molecule has 0 saturated carbocycles. The maximum atomic E-state index is 3.71. The summed E-state index contributed by atoms with van der Waals surface area (Å²) in [6, 6.07) is 3.37. The van der Waals surface area contributed by atoms with Crippen LogP contribution in [0.5, 0.6) is 0 Å². The van der Waals surface area contributed by atoms with Crippen molar-refractivity contribution in [1.29, 1.82) is 0 Å². The first kappa shape index (κ1) is 13.8. The third kappa shape index (κ3) is 2.98. The molecule has 2 bridgehead atoms. The van der Waals surface area contributed by atoms with Crippen molar-refractivity contribution in [2.75, 3.05) is 26.7 Å². The molecule has 0 aromatic rings. The number of likely N-dealkylation sites (N-methyl/N-ethyl adjacent to an activating group) is 1. The van der Waals surface area contributed by atoms with E-state index in [1.807, 2.05) is 0 Å². The highest BCUT2D eigenvalue weighted by atomic mass is 15.3. The van der Waals surface area contributed by atoms with Gasteiger partial charge in [-0.25, -0.2) is 0 Å². The van der Waals surface area contributed by atoms with Gasteiger partial charge in [0.1, 0.15) is 0 Å². The molecule has 0 aromatic carbocycles. The van der Waals surface area contributed by atoms with E-state index >= 15 is 0 Å². The molecule has 3 heteroatoms. The molecule has 3 atom stereocenters. The van der Waals surface area contributed by atoms with E-state index < -0.39 is 0 Å². The molecule has 3 rings (SSSR count). The quantitative estimate of drug-likeness (QED) is 0.843. The molecule has 3 heterocycles. The first-order valence-electron chi connectivity index (χ1n) is 8.47. The number of nitrogens with one attached hydrogen (secondary N) is 1. The van der Waals surface area contributed by atoms with E-state index in [1.54, 1.807) is 0 Å². The van der Waals surface area contributed by atoms with Gasteiger partial charge in [0.2, 0.25) is 0 Å². The molecule has 3 aliphatic rings. The molecule has 110 valence electrons. The molecule has 0 spiro atoms. The molecule has 0 amide bonds. The van der Waals surface area contributed by atoms with E-state index in [0.717, 1.165) is 30.7 Å². The van der Waals surface area contributed by atoms with Crippen molar-refractivity contribution in [2.45, 2.75) is 76.0 Å². The van der Waals surface area contributed by atoms with Gasteiger partial charge in [-0.1, -0.05) is 13.3 Å². The zero-order chi connectivity index (χ0) is 13.2. The Balaban J connectivity index is 1.68. The Morgan fingerprint density at radius 1 is 1.00 bits per heavy atom. The summed E-state index contributed by atoms with van der Waals surface area (Å²) < 4.78 is 0. The fraction of sp³-hybridized carbons (Fsp3) is 1.00. The summed E-state index contributed by atoms with van der Waals surface area (Å²) in [5.41, 5.74) is 0. The van der Waals surface area contributed by atoms with E-state index in [-0.39, 0.29) is 0 Å². The highest BCUT2D eigenvalue weighted by Crippen LogP contribution is 2.37. The van der Waals surface area contributed by atoms with Crippen LogP contribution in [0, 0.1) is 0 Å². The average molecular weight is 265 g/mol. The molecule has 3 aliphatic heterocycles. The molecule has 3 fully saturated rings. The van der Waals surface area contributed by atoms with Crippen LogP contribution < -0.4 is 5.32 Å². The van der Waals surface area contributed by atoms with Crippen LogP contribution in [0.2, 0.25) is 0 Å². The van der Waals surface area contributed by atoms with E-state index in [9.17, 15) is 0 Å². The highest BCUT2D eigenvalue weighted by molar-refractivity contribution is 4.98. The Bertz CT molecular complexity index is 280. The number of piperidine rings is 3. The lowest BCUT2D eigenvalue weighted by molar-refractivity contribution is -0.0312. The number of hydrogen-bond acceptors (Lipinski definition) is 3. The number of rotatable bonds is 3. The largest absolute Gasteiger partial charge is 0.314 e.